The summed E-state index contributed by atoms with van der Waals surface area (Å²) in [6, 6.07) is 9.74. The second kappa shape index (κ2) is 12.5. The van der Waals surface area contributed by atoms with E-state index in [4.69, 9.17) is 14.2 Å². The fourth-order valence-electron chi connectivity index (χ4n) is 4.10. The van der Waals surface area contributed by atoms with E-state index in [1.807, 2.05) is 13.8 Å². The van der Waals surface area contributed by atoms with Crippen molar-refractivity contribution in [3.05, 3.63) is 53.9 Å². The standard InChI is InChI=1S/C26H34N4O6/c1-17-13-30(26(33)21-8-6-7-11-27-21)18(2)15-36-22-12-19(28-24(31)16-34-4)9-10-20(22)25(32)29(3)14-23(17)35-5/h6-12,17-18,23H,13-16H2,1-5H3,(H,28,31)/t17-,18+,23-/m1/s1. The summed E-state index contributed by atoms with van der Waals surface area (Å²) < 4.78 is 16.7. The molecule has 1 N–H and O–H groups in total. The number of carbonyl (C=O) groups excluding carboxylic acids is 3. The van der Waals surface area contributed by atoms with E-state index in [1.165, 1.54) is 7.11 Å². The number of rotatable bonds is 5. The number of pyridine rings is 1. The molecule has 10 nitrogen and oxygen atoms in total. The smallest absolute Gasteiger partial charge is 0.272 e. The van der Waals surface area contributed by atoms with E-state index >= 15 is 0 Å². The fraction of sp³-hybridized carbons (Fsp3) is 0.462. The molecule has 0 aliphatic carbocycles. The molecule has 1 aliphatic rings. The van der Waals surface area contributed by atoms with Crippen molar-refractivity contribution in [3.63, 3.8) is 0 Å². The summed E-state index contributed by atoms with van der Waals surface area (Å²) in [5, 5.41) is 2.73. The van der Waals surface area contributed by atoms with Crippen molar-refractivity contribution in [3.8, 4) is 5.75 Å². The summed E-state index contributed by atoms with van der Waals surface area (Å²) >= 11 is 0. The Bertz CT molecular complexity index is 1060. The average Bonchev–Trinajstić information content (AvgIpc) is 2.88. The van der Waals surface area contributed by atoms with Crippen LogP contribution >= 0.6 is 0 Å². The minimum Gasteiger partial charge on any atom is -0.491 e. The molecule has 2 heterocycles. The largest absolute Gasteiger partial charge is 0.491 e. The van der Waals surface area contributed by atoms with Gasteiger partial charge in [-0.25, -0.2) is 0 Å². The first-order chi connectivity index (χ1) is 17.2. The van der Waals surface area contributed by atoms with Crippen LogP contribution in [0.25, 0.3) is 0 Å². The Kier molecular flexibility index (Phi) is 9.38. The zero-order valence-electron chi connectivity index (χ0n) is 21.4. The van der Waals surface area contributed by atoms with Crippen molar-refractivity contribution in [2.24, 2.45) is 5.92 Å². The average molecular weight is 499 g/mol. The predicted octanol–water partition coefficient (Wildman–Crippen LogP) is 2.31. The van der Waals surface area contributed by atoms with E-state index in [2.05, 4.69) is 10.3 Å². The van der Waals surface area contributed by atoms with Gasteiger partial charge >= 0.3 is 0 Å². The van der Waals surface area contributed by atoms with Gasteiger partial charge in [0.15, 0.2) is 0 Å². The molecule has 194 valence electrons. The molecule has 3 atom stereocenters. The Balaban J connectivity index is 1.97. The molecule has 0 bridgehead atoms. The zero-order valence-corrected chi connectivity index (χ0v) is 21.4. The van der Waals surface area contributed by atoms with Crippen LogP contribution in [0.3, 0.4) is 0 Å². The van der Waals surface area contributed by atoms with Crippen LogP contribution in [0, 0.1) is 5.92 Å². The lowest BCUT2D eigenvalue weighted by atomic mass is 10.0. The molecule has 0 unspecified atom stereocenters. The second-order valence-corrected chi connectivity index (χ2v) is 8.96. The Hall–Kier alpha value is -3.50. The molecule has 1 aliphatic heterocycles. The van der Waals surface area contributed by atoms with Crippen molar-refractivity contribution in [2.75, 3.05) is 52.9 Å². The van der Waals surface area contributed by atoms with Crippen molar-refractivity contribution in [1.82, 2.24) is 14.8 Å². The molecule has 0 spiro atoms. The molecule has 1 aromatic carbocycles. The molecule has 0 saturated carbocycles. The monoisotopic (exact) mass is 498 g/mol. The third-order valence-corrected chi connectivity index (χ3v) is 6.15. The number of methoxy groups -OCH3 is 2. The van der Waals surface area contributed by atoms with E-state index in [9.17, 15) is 14.4 Å². The zero-order chi connectivity index (χ0) is 26.2. The number of amides is 3. The Labute approximate surface area is 211 Å². The summed E-state index contributed by atoms with van der Waals surface area (Å²) in [5.74, 6) is -0.537. The summed E-state index contributed by atoms with van der Waals surface area (Å²) in [5.41, 5.74) is 1.16. The Morgan fingerprint density at radius 3 is 2.61 bits per heavy atom. The molecular formula is C26H34N4O6. The van der Waals surface area contributed by atoms with Gasteiger partial charge in [0.1, 0.15) is 24.7 Å². The van der Waals surface area contributed by atoms with Gasteiger partial charge in [0.25, 0.3) is 11.8 Å². The van der Waals surface area contributed by atoms with Crippen molar-refractivity contribution in [1.29, 1.82) is 0 Å². The number of ether oxygens (including phenoxy) is 3. The number of anilines is 1. The van der Waals surface area contributed by atoms with Gasteiger partial charge in [-0.2, -0.15) is 0 Å². The Morgan fingerprint density at radius 1 is 1.17 bits per heavy atom. The molecule has 0 radical (unpaired) electrons. The van der Waals surface area contributed by atoms with Crippen molar-refractivity contribution >= 4 is 23.4 Å². The number of hydrogen-bond donors (Lipinski definition) is 1. The quantitative estimate of drug-likeness (QED) is 0.674. The van der Waals surface area contributed by atoms with E-state index in [0.717, 1.165) is 0 Å². The topological polar surface area (TPSA) is 110 Å². The fourth-order valence-corrected chi connectivity index (χ4v) is 4.10. The van der Waals surface area contributed by atoms with Gasteiger partial charge in [-0.3, -0.25) is 19.4 Å². The van der Waals surface area contributed by atoms with Crippen molar-refractivity contribution < 1.29 is 28.6 Å². The molecule has 10 heteroatoms. The summed E-state index contributed by atoms with van der Waals surface area (Å²) in [6.07, 6.45) is 1.28. The normalized spacial score (nSPS) is 21.0. The maximum Gasteiger partial charge on any atom is 0.272 e. The third kappa shape index (κ3) is 6.58. The van der Waals surface area contributed by atoms with Gasteiger partial charge in [0.2, 0.25) is 5.91 Å². The molecular weight excluding hydrogens is 464 g/mol. The molecule has 1 aromatic heterocycles. The number of benzene rings is 1. The molecule has 2 aromatic rings. The van der Waals surface area contributed by atoms with Gasteiger partial charge in [0.05, 0.1) is 17.7 Å². The lowest BCUT2D eigenvalue weighted by molar-refractivity contribution is -0.119. The van der Waals surface area contributed by atoms with E-state index in [-0.39, 0.29) is 49.0 Å². The van der Waals surface area contributed by atoms with Crippen LogP contribution in [0.4, 0.5) is 5.69 Å². The first-order valence-corrected chi connectivity index (χ1v) is 11.8. The summed E-state index contributed by atoms with van der Waals surface area (Å²) in [6.45, 7) is 4.62. The highest BCUT2D eigenvalue weighted by Crippen LogP contribution is 2.27. The van der Waals surface area contributed by atoms with Crippen LogP contribution < -0.4 is 10.1 Å². The highest BCUT2D eigenvalue weighted by molar-refractivity contribution is 5.98. The van der Waals surface area contributed by atoms with E-state index in [0.29, 0.717) is 35.8 Å². The molecule has 3 rings (SSSR count). The minimum absolute atomic E-state index is 0.0716. The molecule has 3 amide bonds. The Morgan fingerprint density at radius 2 is 1.94 bits per heavy atom. The first kappa shape index (κ1) is 27.1. The van der Waals surface area contributed by atoms with Crippen LogP contribution in [0.15, 0.2) is 42.6 Å². The van der Waals surface area contributed by atoms with Gasteiger partial charge in [-0.1, -0.05) is 13.0 Å². The SMILES string of the molecule is COCC(=O)Nc1ccc2c(c1)OC[C@H](C)N(C(=O)c1ccccn1)C[C@@H](C)[C@H](OC)CN(C)C2=O. The number of aromatic nitrogens is 1. The maximum atomic E-state index is 13.4. The maximum absolute atomic E-state index is 13.4. The van der Waals surface area contributed by atoms with Crippen LogP contribution in [-0.4, -0.2) is 92.2 Å². The number of hydrogen-bond acceptors (Lipinski definition) is 7. The number of carbonyl (C=O) groups is 3. The highest BCUT2D eigenvalue weighted by Gasteiger charge is 2.31. The lowest BCUT2D eigenvalue weighted by Gasteiger charge is -2.36. The summed E-state index contributed by atoms with van der Waals surface area (Å²) in [4.78, 5) is 46.2. The van der Waals surface area contributed by atoms with Crippen LogP contribution in [0.5, 0.6) is 5.75 Å². The van der Waals surface area contributed by atoms with Gasteiger partial charge < -0.3 is 29.3 Å². The minimum atomic E-state index is -0.341. The first-order valence-electron chi connectivity index (χ1n) is 11.8. The third-order valence-electron chi connectivity index (χ3n) is 6.15. The number of likely N-dealkylation sites (N-methyl/N-ethyl adjacent to an activating group) is 1. The lowest BCUT2D eigenvalue weighted by Crippen LogP contribution is -2.48. The molecule has 0 saturated heterocycles. The van der Waals surface area contributed by atoms with Gasteiger partial charge in [0, 0.05) is 58.2 Å². The predicted molar refractivity (Wildman–Crippen MR) is 134 cm³/mol. The van der Waals surface area contributed by atoms with Crippen LogP contribution in [0.1, 0.15) is 34.7 Å². The molecule has 0 fully saturated rings. The molecule has 36 heavy (non-hydrogen) atoms. The van der Waals surface area contributed by atoms with E-state index in [1.54, 1.807) is 66.6 Å². The number of nitrogens with one attached hydrogen (secondary N) is 1. The van der Waals surface area contributed by atoms with E-state index < -0.39 is 0 Å². The second-order valence-electron chi connectivity index (χ2n) is 8.96. The van der Waals surface area contributed by atoms with Crippen molar-refractivity contribution in [2.45, 2.75) is 26.0 Å². The highest BCUT2D eigenvalue weighted by atomic mass is 16.5. The number of fused-ring (bicyclic) bond motifs is 1. The van der Waals surface area contributed by atoms with Crippen LogP contribution in [0.2, 0.25) is 0 Å². The van der Waals surface area contributed by atoms with Crippen LogP contribution in [-0.2, 0) is 14.3 Å². The summed E-state index contributed by atoms with van der Waals surface area (Å²) in [7, 11) is 4.74. The van der Waals surface area contributed by atoms with Gasteiger partial charge in [-0.15, -0.1) is 0 Å². The van der Waals surface area contributed by atoms with Gasteiger partial charge in [-0.05, 0) is 31.2 Å². The number of nitrogens with zero attached hydrogens (tertiary/aromatic N) is 3.